The van der Waals surface area contributed by atoms with Gasteiger partial charge in [0.2, 0.25) is 5.91 Å². The zero-order chi connectivity index (χ0) is 17.4. The summed E-state index contributed by atoms with van der Waals surface area (Å²) in [5.41, 5.74) is 7.66. The highest BCUT2D eigenvalue weighted by Crippen LogP contribution is 2.24. The average molecular weight is 347 g/mol. The third-order valence-electron chi connectivity index (χ3n) is 5.25. The average Bonchev–Trinajstić information content (AvgIpc) is 3.21. The quantitative estimate of drug-likeness (QED) is 0.639. The number of nitrogens with zero attached hydrogens (tertiary/aromatic N) is 2. The summed E-state index contributed by atoms with van der Waals surface area (Å²) in [6, 6.07) is 4.72. The minimum atomic E-state index is -0.307. The number of H-pyrrole nitrogens is 1. The van der Waals surface area contributed by atoms with Crippen molar-refractivity contribution in [3.05, 3.63) is 29.8 Å². The fraction of sp³-hybridized carbons (Fsp3) is 0.529. The molecule has 3 atom stereocenters. The lowest BCUT2D eigenvalue weighted by atomic mass is 9.88. The lowest BCUT2D eigenvalue weighted by Crippen LogP contribution is -2.49. The van der Waals surface area contributed by atoms with Crippen LogP contribution in [0.3, 0.4) is 0 Å². The molecule has 3 unspecified atom stereocenters. The van der Waals surface area contributed by atoms with Crippen molar-refractivity contribution in [2.24, 2.45) is 5.92 Å². The molecule has 2 fully saturated rings. The monoisotopic (exact) mass is 347 g/mol. The summed E-state index contributed by atoms with van der Waals surface area (Å²) in [6.07, 6.45) is 1.74. The number of piperidine rings is 1. The van der Waals surface area contributed by atoms with Crippen molar-refractivity contribution in [2.45, 2.75) is 31.3 Å². The Balaban J connectivity index is 1.36. The molecule has 2 aromatic rings. The fourth-order valence-corrected chi connectivity index (χ4v) is 3.83. The zero-order valence-electron chi connectivity index (χ0n) is 13.8. The number of hydrazine groups is 1. The van der Waals surface area contributed by atoms with Crippen molar-refractivity contribution in [3.63, 3.8) is 0 Å². The third-order valence-corrected chi connectivity index (χ3v) is 5.25. The van der Waals surface area contributed by atoms with Crippen LogP contribution in [0.2, 0.25) is 0 Å². The molecule has 2 aliphatic heterocycles. The Morgan fingerprint density at radius 3 is 3.12 bits per heavy atom. The van der Waals surface area contributed by atoms with Crippen LogP contribution >= 0.6 is 0 Å². The number of nitrogens with one attached hydrogen (secondary N) is 3. The lowest BCUT2D eigenvalue weighted by Gasteiger charge is -2.35. The van der Waals surface area contributed by atoms with Gasteiger partial charge in [-0.15, -0.1) is 0 Å². The van der Waals surface area contributed by atoms with Crippen molar-refractivity contribution >= 4 is 16.9 Å². The van der Waals surface area contributed by atoms with E-state index in [4.69, 9.17) is 0 Å². The Morgan fingerprint density at radius 2 is 2.28 bits per heavy atom. The van der Waals surface area contributed by atoms with Gasteiger partial charge in [0.1, 0.15) is 11.6 Å². The van der Waals surface area contributed by atoms with Crippen LogP contribution in [-0.2, 0) is 11.2 Å². The van der Waals surface area contributed by atoms with Gasteiger partial charge >= 0.3 is 0 Å². The molecule has 0 aliphatic carbocycles. The molecule has 7 nitrogen and oxygen atoms in total. The van der Waals surface area contributed by atoms with E-state index in [1.54, 1.807) is 6.07 Å². The number of rotatable bonds is 4. The summed E-state index contributed by atoms with van der Waals surface area (Å²) >= 11 is 0. The number of aromatic nitrogens is 2. The number of imidazole rings is 1. The van der Waals surface area contributed by atoms with Gasteiger partial charge in [-0.2, -0.15) is 0 Å². The van der Waals surface area contributed by atoms with Crippen molar-refractivity contribution < 1.29 is 14.3 Å². The summed E-state index contributed by atoms with van der Waals surface area (Å²) in [5, 5.41) is 9.43. The van der Waals surface area contributed by atoms with Crippen LogP contribution in [0.4, 0.5) is 4.39 Å². The van der Waals surface area contributed by atoms with Crippen LogP contribution < -0.4 is 10.9 Å². The van der Waals surface area contributed by atoms with Crippen LogP contribution in [0.1, 0.15) is 18.7 Å². The molecule has 25 heavy (non-hydrogen) atoms. The van der Waals surface area contributed by atoms with Gasteiger partial charge in [-0.1, -0.05) is 0 Å². The van der Waals surface area contributed by atoms with E-state index in [2.05, 4.69) is 20.8 Å². The maximum atomic E-state index is 13.2. The second kappa shape index (κ2) is 6.70. The molecule has 0 bridgehead atoms. The molecule has 1 aromatic carbocycles. The molecule has 1 aromatic heterocycles. The molecule has 0 spiro atoms. The first-order chi connectivity index (χ1) is 12.1. The molecular weight excluding hydrogens is 325 g/mol. The number of carbonyl (C=O) groups is 1. The van der Waals surface area contributed by atoms with Crippen LogP contribution in [0.5, 0.6) is 0 Å². The van der Waals surface area contributed by atoms with Gasteiger partial charge in [0, 0.05) is 37.9 Å². The maximum Gasteiger partial charge on any atom is 0.223 e. The Morgan fingerprint density at radius 1 is 1.40 bits per heavy atom. The Kier molecular flexibility index (Phi) is 4.41. The molecular formula is C17H22FN5O2. The summed E-state index contributed by atoms with van der Waals surface area (Å²) < 4.78 is 13.2. The Bertz CT molecular complexity index is 773. The molecule has 134 valence electrons. The van der Waals surface area contributed by atoms with Crippen molar-refractivity contribution in [3.8, 4) is 0 Å². The summed E-state index contributed by atoms with van der Waals surface area (Å²) in [4.78, 5) is 21.9. The van der Waals surface area contributed by atoms with Crippen LogP contribution in [0.15, 0.2) is 18.2 Å². The highest BCUT2D eigenvalue weighted by atomic mass is 19.1. The molecule has 2 saturated heterocycles. The van der Waals surface area contributed by atoms with Crippen LogP contribution in [0.25, 0.3) is 11.0 Å². The SMILES string of the molecule is O=C(CCc1nc2ccc(F)cc2[nH]1)N1CCC2NNC(CO)C2C1. The van der Waals surface area contributed by atoms with E-state index in [9.17, 15) is 14.3 Å². The number of aliphatic hydroxyl groups is 1. The number of carbonyl (C=O) groups excluding carboxylic acids is 1. The number of amides is 1. The van der Waals surface area contributed by atoms with E-state index in [1.165, 1.54) is 12.1 Å². The Hall–Kier alpha value is -2.03. The number of hydrogen-bond acceptors (Lipinski definition) is 5. The van der Waals surface area contributed by atoms with Gasteiger partial charge in [0.05, 0.1) is 23.7 Å². The third kappa shape index (κ3) is 3.24. The van der Waals surface area contributed by atoms with Gasteiger partial charge < -0.3 is 15.0 Å². The number of halogens is 1. The first-order valence-corrected chi connectivity index (χ1v) is 8.68. The topological polar surface area (TPSA) is 93.3 Å². The number of aryl methyl sites for hydroxylation is 1. The van der Waals surface area contributed by atoms with E-state index in [0.717, 1.165) is 13.0 Å². The standard InChI is InChI=1S/C17H22FN5O2/c18-10-1-2-13-14(7-10)20-16(19-13)3-4-17(25)23-6-5-12-11(8-23)15(9-24)22-21-12/h1-2,7,11-12,15,21-22,24H,3-6,8-9H2,(H,19,20). The molecule has 2 aliphatic rings. The van der Waals surface area contributed by atoms with Gasteiger partial charge in [-0.05, 0) is 24.6 Å². The summed E-state index contributed by atoms with van der Waals surface area (Å²) in [5.74, 6) is 0.714. The van der Waals surface area contributed by atoms with Gasteiger partial charge in [0.25, 0.3) is 0 Å². The maximum absolute atomic E-state index is 13.2. The summed E-state index contributed by atoms with van der Waals surface area (Å²) in [6.45, 7) is 1.43. The number of hydrogen-bond donors (Lipinski definition) is 4. The highest BCUT2D eigenvalue weighted by Gasteiger charge is 2.40. The smallest absolute Gasteiger partial charge is 0.223 e. The predicted molar refractivity (Wildman–Crippen MR) is 90.0 cm³/mol. The lowest BCUT2D eigenvalue weighted by molar-refractivity contribution is -0.133. The van der Waals surface area contributed by atoms with Gasteiger partial charge in [0.15, 0.2) is 0 Å². The Labute approximate surface area is 144 Å². The van der Waals surface area contributed by atoms with E-state index >= 15 is 0 Å². The second-order valence-corrected chi connectivity index (χ2v) is 6.82. The number of aromatic amines is 1. The van der Waals surface area contributed by atoms with Gasteiger partial charge in [-0.25, -0.2) is 9.37 Å². The van der Waals surface area contributed by atoms with E-state index in [0.29, 0.717) is 42.3 Å². The fourth-order valence-electron chi connectivity index (χ4n) is 3.83. The number of likely N-dealkylation sites (tertiary alicyclic amines) is 1. The minimum absolute atomic E-state index is 0.00845. The predicted octanol–water partition coefficient (Wildman–Crippen LogP) is 0.320. The largest absolute Gasteiger partial charge is 0.395 e. The molecule has 4 N–H and O–H groups in total. The highest BCUT2D eigenvalue weighted by molar-refractivity contribution is 5.77. The molecule has 0 radical (unpaired) electrons. The number of fused-ring (bicyclic) bond motifs is 2. The zero-order valence-corrected chi connectivity index (χ0v) is 13.8. The first-order valence-electron chi connectivity index (χ1n) is 8.68. The van der Waals surface area contributed by atoms with Crippen molar-refractivity contribution in [1.82, 2.24) is 25.7 Å². The van der Waals surface area contributed by atoms with E-state index in [1.807, 2.05) is 4.90 Å². The van der Waals surface area contributed by atoms with E-state index in [-0.39, 0.29) is 30.3 Å². The number of benzene rings is 1. The number of aliphatic hydroxyl groups excluding tert-OH is 1. The molecule has 4 rings (SSSR count). The minimum Gasteiger partial charge on any atom is -0.395 e. The first kappa shape index (κ1) is 16.4. The van der Waals surface area contributed by atoms with Gasteiger partial charge in [-0.3, -0.25) is 15.6 Å². The molecule has 8 heteroatoms. The second-order valence-electron chi connectivity index (χ2n) is 6.82. The van der Waals surface area contributed by atoms with Crippen molar-refractivity contribution in [2.75, 3.05) is 19.7 Å². The van der Waals surface area contributed by atoms with Crippen molar-refractivity contribution in [1.29, 1.82) is 0 Å². The molecule has 3 heterocycles. The van der Waals surface area contributed by atoms with E-state index < -0.39 is 0 Å². The van der Waals surface area contributed by atoms with Crippen LogP contribution in [0, 0.1) is 11.7 Å². The molecule has 1 amide bonds. The molecule has 0 saturated carbocycles. The normalized spacial score (nSPS) is 26.2. The van der Waals surface area contributed by atoms with Crippen LogP contribution in [-0.4, -0.2) is 57.7 Å². The summed E-state index contributed by atoms with van der Waals surface area (Å²) in [7, 11) is 0.